The summed E-state index contributed by atoms with van der Waals surface area (Å²) < 4.78 is 28.5. The van der Waals surface area contributed by atoms with Crippen molar-refractivity contribution >= 4 is 40.9 Å². The number of aryl methyl sites for hydroxylation is 1. The normalized spacial score (nSPS) is 20.4. The number of benzene rings is 1. The Kier molecular flexibility index (Phi) is 21.9. The number of carbonyl (C=O) groups excluding carboxylic acids is 4. The van der Waals surface area contributed by atoms with E-state index < -0.39 is 53.7 Å². The number of rotatable bonds is 27. The standard InChI is InChI=1S/C46H70N6O12S/c1-8-35(9-2)64-38-23-33(45(58)59)22-36(40(38)50-30(4)53)51-39(55)27-63-21-20-62-19-18-61-17-16-60-15-14-47-42(46(5,6)7)44(57)52-26-34(54)24-37(52)43(56)48-25-31-10-12-32(13-11-31)41-29(3)49-28-65-41/h10-13,23,28,34-38,40,42,47,54H,8-9,14-22,24-27H2,1-7H3,(H,48,56)(H,50,53)(H,51,55)(H,58,59)/t34-,36+,37?,38-,40-,42-/m1/s1. The fourth-order valence-electron chi connectivity index (χ4n) is 7.75. The van der Waals surface area contributed by atoms with Gasteiger partial charge in [0, 0.05) is 45.0 Å². The molecule has 2 heterocycles. The molecule has 1 aliphatic heterocycles. The number of likely N-dealkylation sites (tertiary alicyclic amines) is 1. The van der Waals surface area contributed by atoms with Crippen molar-refractivity contribution in [2.75, 3.05) is 65.9 Å². The number of carboxylic acid groups (broad SMARTS) is 1. The summed E-state index contributed by atoms with van der Waals surface area (Å²) in [5.41, 5.74) is 4.38. The number of carbonyl (C=O) groups is 5. The Morgan fingerprint density at radius 2 is 1.55 bits per heavy atom. The molecule has 362 valence electrons. The van der Waals surface area contributed by atoms with Gasteiger partial charge in [-0.3, -0.25) is 19.2 Å². The smallest absolute Gasteiger partial charge is 0.331 e. The molecule has 18 nitrogen and oxygen atoms in total. The van der Waals surface area contributed by atoms with Gasteiger partial charge in [0.1, 0.15) is 12.6 Å². The third-order valence-corrected chi connectivity index (χ3v) is 12.2. The van der Waals surface area contributed by atoms with E-state index in [0.717, 1.165) is 21.7 Å². The maximum Gasteiger partial charge on any atom is 0.331 e. The monoisotopic (exact) mass is 930 g/mol. The van der Waals surface area contributed by atoms with E-state index in [-0.39, 0.29) is 68.6 Å². The number of carboxylic acids is 1. The van der Waals surface area contributed by atoms with Crippen LogP contribution in [0.2, 0.25) is 0 Å². The molecule has 1 fully saturated rings. The van der Waals surface area contributed by atoms with E-state index in [1.807, 2.05) is 71.3 Å². The molecule has 0 saturated carbocycles. The zero-order chi connectivity index (χ0) is 47.5. The second kappa shape index (κ2) is 26.7. The van der Waals surface area contributed by atoms with Gasteiger partial charge in [-0.25, -0.2) is 9.78 Å². The number of amides is 4. The van der Waals surface area contributed by atoms with Gasteiger partial charge in [0.05, 0.1) is 98.8 Å². The molecule has 1 aliphatic carbocycles. The number of nitrogens with zero attached hydrogens (tertiary/aromatic N) is 2. The minimum Gasteiger partial charge on any atom is -0.478 e. The van der Waals surface area contributed by atoms with Crippen LogP contribution < -0.4 is 21.3 Å². The van der Waals surface area contributed by atoms with E-state index in [0.29, 0.717) is 59.0 Å². The van der Waals surface area contributed by atoms with Gasteiger partial charge in [0.25, 0.3) is 0 Å². The average molecular weight is 931 g/mol. The number of aromatic nitrogens is 1. The highest BCUT2D eigenvalue weighted by atomic mass is 32.1. The lowest BCUT2D eigenvalue weighted by Crippen LogP contribution is -2.60. The summed E-state index contributed by atoms with van der Waals surface area (Å²) in [7, 11) is 0. The topological polar surface area (TPSA) is 236 Å². The maximum absolute atomic E-state index is 13.9. The quantitative estimate of drug-likeness (QED) is 0.0708. The van der Waals surface area contributed by atoms with Crippen LogP contribution in [0.5, 0.6) is 0 Å². The van der Waals surface area contributed by atoms with Crippen LogP contribution in [0.25, 0.3) is 10.4 Å². The molecule has 1 saturated heterocycles. The molecule has 1 aromatic carbocycles. The Labute approximate surface area is 386 Å². The summed E-state index contributed by atoms with van der Waals surface area (Å²) in [6.45, 7) is 15.5. The fourth-order valence-corrected chi connectivity index (χ4v) is 8.56. The summed E-state index contributed by atoms with van der Waals surface area (Å²) in [6.07, 6.45) is 1.43. The molecule has 65 heavy (non-hydrogen) atoms. The van der Waals surface area contributed by atoms with Crippen LogP contribution in [0.3, 0.4) is 0 Å². The number of aliphatic carboxylic acids is 1. The van der Waals surface area contributed by atoms with Crippen molar-refractivity contribution in [3.8, 4) is 10.4 Å². The molecule has 6 atom stereocenters. The van der Waals surface area contributed by atoms with E-state index in [1.54, 1.807) is 11.3 Å². The molecular weight excluding hydrogens is 861 g/mol. The first-order valence-electron chi connectivity index (χ1n) is 22.5. The average Bonchev–Trinajstić information content (AvgIpc) is 3.88. The van der Waals surface area contributed by atoms with Gasteiger partial charge in [-0.1, -0.05) is 58.9 Å². The number of aliphatic hydroxyl groups is 1. The second-order valence-electron chi connectivity index (χ2n) is 17.4. The van der Waals surface area contributed by atoms with E-state index >= 15 is 0 Å². The summed E-state index contributed by atoms with van der Waals surface area (Å²) in [5, 5.41) is 32.2. The van der Waals surface area contributed by atoms with Crippen LogP contribution in [0.15, 0.2) is 41.4 Å². The predicted molar refractivity (Wildman–Crippen MR) is 244 cm³/mol. The Morgan fingerprint density at radius 1 is 0.923 bits per heavy atom. The Balaban J connectivity index is 1.08. The van der Waals surface area contributed by atoms with Gasteiger partial charge in [0.2, 0.25) is 23.6 Å². The lowest BCUT2D eigenvalue weighted by molar-refractivity contribution is -0.142. The first-order chi connectivity index (χ1) is 31.0. The molecule has 2 aromatic rings. The number of nitrogens with one attached hydrogen (secondary N) is 4. The molecule has 1 aromatic heterocycles. The predicted octanol–water partition coefficient (Wildman–Crippen LogP) is 2.75. The minimum atomic E-state index is -1.11. The van der Waals surface area contributed by atoms with Crippen molar-refractivity contribution in [1.29, 1.82) is 0 Å². The maximum atomic E-state index is 13.9. The van der Waals surface area contributed by atoms with E-state index in [2.05, 4.69) is 26.3 Å². The summed E-state index contributed by atoms with van der Waals surface area (Å²) in [6, 6.07) is 5.14. The lowest BCUT2D eigenvalue weighted by Gasteiger charge is -2.38. The molecule has 1 unspecified atom stereocenters. The molecule has 4 rings (SSSR count). The third-order valence-electron chi connectivity index (χ3n) is 11.2. The van der Waals surface area contributed by atoms with Crippen LogP contribution >= 0.6 is 11.3 Å². The first kappa shape index (κ1) is 53.3. The highest BCUT2D eigenvalue weighted by molar-refractivity contribution is 7.13. The SMILES string of the molecule is CCC(CC)O[C@@H]1C=C(C(=O)O)C[C@H](NC(=O)COCCOCCOCCOCCN[C@H](C(=O)N2C[C@H](O)CC2C(=O)NCc2ccc(-c3scnc3C)cc2)C(C)(C)C)[C@H]1NC(C)=O. The zero-order valence-electron chi connectivity index (χ0n) is 38.9. The van der Waals surface area contributed by atoms with Crippen LogP contribution in [0.1, 0.15) is 78.5 Å². The zero-order valence-corrected chi connectivity index (χ0v) is 39.7. The number of hydrogen-bond donors (Lipinski definition) is 6. The van der Waals surface area contributed by atoms with Gasteiger partial charge in [-0.05, 0) is 42.4 Å². The van der Waals surface area contributed by atoms with Crippen molar-refractivity contribution < 1.29 is 57.9 Å². The van der Waals surface area contributed by atoms with Crippen molar-refractivity contribution in [3.05, 3.63) is 52.7 Å². The van der Waals surface area contributed by atoms with Crippen molar-refractivity contribution in [2.24, 2.45) is 5.41 Å². The molecular formula is C46H70N6O12S. The van der Waals surface area contributed by atoms with Gasteiger partial charge < -0.3 is 60.1 Å². The van der Waals surface area contributed by atoms with Crippen LogP contribution in [-0.2, 0) is 54.2 Å². The largest absolute Gasteiger partial charge is 0.478 e. The highest BCUT2D eigenvalue weighted by Crippen LogP contribution is 2.29. The van der Waals surface area contributed by atoms with Gasteiger partial charge in [-0.15, -0.1) is 11.3 Å². The Bertz CT molecular complexity index is 1870. The molecule has 0 spiro atoms. The van der Waals surface area contributed by atoms with Gasteiger partial charge in [0.15, 0.2) is 0 Å². The van der Waals surface area contributed by atoms with Crippen LogP contribution in [0, 0.1) is 12.3 Å². The van der Waals surface area contributed by atoms with E-state index in [4.69, 9.17) is 23.7 Å². The number of hydrogen-bond acceptors (Lipinski definition) is 14. The second-order valence-corrected chi connectivity index (χ2v) is 18.2. The summed E-state index contributed by atoms with van der Waals surface area (Å²) in [5.74, 6) is -2.46. The number of β-amino-alcohol motifs (C(OH)–C–C–N with tert-alkyl or cyclic N) is 1. The lowest BCUT2D eigenvalue weighted by atomic mass is 9.85. The van der Waals surface area contributed by atoms with Crippen molar-refractivity contribution in [3.63, 3.8) is 0 Å². The highest BCUT2D eigenvalue weighted by Gasteiger charge is 2.44. The van der Waals surface area contributed by atoms with Crippen LogP contribution in [-0.4, -0.2) is 158 Å². The minimum absolute atomic E-state index is 0.0141. The van der Waals surface area contributed by atoms with Crippen molar-refractivity contribution in [2.45, 2.75) is 123 Å². The number of thiazole rings is 1. The summed E-state index contributed by atoms with van der Waals surface area (Å²) in [4.78, 5) is 70.9. The number of aliphatic hydroxyl groups excluding tert-OH is 1. The van der Waals surface area contributed by atoms with Crippen molar-refractivity contribution in [1.82, 2.24) is 31.2 Å². The number of ether oxygens (including phenoxy) is 5. The molecule has 6 N–H and O–H groups in total. The third kappa shape index (κ3) is 17.1. The fraction of sp³-hybridized carbons (Fsp3) is 0.652. The Morgan fingerprint density at radius 3 is 2.12 bits per heavy atom. The van der Waals surface area contributed by atoms with Gasteiger partial charge >= 0.3 is 5.97 Å². The molecule has 19 heteroatoms. The molecule has 4 amide bonds. The molecule has 0 bridgehead atoms. The van der Waals surface area contributed by atoms with Crippen LogP contribution in [0.4, 0.5) is 0 Å². The molecule has 0 radical (unpaired) electrons. The summed E-state index contributed by atoms with van der Waals surface area (Å²) >= 11 is 1.58. The van der Waals surface area contributed by atoms with E-state index in [9.17, 15) is 34.2 Å². The first-order valence-corrected chi connectivity index (χ1v) is 23.4. The van der Waals surface area contributed by atoms with Gasteiger partial charge in [-0.2, -0.15) is 0 Å². The van der Waals surface area contributed by atoms with E-state index in [1.165, 1.54) is 17.9 Å². The molecule has 2 aliphatic rings. The Hall–Kier alpha value is -4.34.